The highest BCUT2D eigenvalue weighted by Crippen LogP contribution is 2.27. The van der Waals surface area contributed by atoms with Crippen LogP contribution in [0.2, 0.25) is 0 Å². The van der Waals surface area contributed by atoms with Crippen molar-refractivity contribution < 1.29 is 20.0 Å². The third-order valence-electron chi connectivity index (χ3n) is 2.48. The van der Waals surface area contributed by atoms with Gasteiger partial charge >= 0.3 is 0 Å². The Labute approximate surface area is 97.6 Å². The zero-order valence-corrected chi connectivity index (χ0v) is 10.9. The number of aliphatic hydroxyl groups excluding tert-OH is 2. The van der Waals surface area contributed by atoms with Crippen LogP contribution in [-0.4, -0.2) is 23.4 Å². The molecule has 0 aliphatic heterocycles. The first-order valence-corrected chi connectivity index (χ1v) is 7.08. The third kappa shape index (κ3) is 10.8. The number of hydrogen-bond acceptors (Lipinski definition) is 4. The number of aliphatic hydroxyl groups is 2. The second-order valence-electron chi connectivity index (χ2n) is 3.49. The van der Waals surface area contributed by atoms with Gasteiger partial charge in [0.25, 0.3) is 0 Å². The fourth-order valence-electron chi connectivity index (χ4n) is 1.16. The first-order valence-electron chi connectivity index (χ1n) is 5.00. The van der Waals surface area contributed by atoms with Gasteiger partial charge in [-0.2, -0.15) is 0 Å². The molecule has 0 radical (unpaired) electrons. The van der Waals surface area contributed by atoms with Gasteiger partial charge in [-0.15, -0.1) is 11.2 Å². The standard InChI is InChI=1S/C9H20O2.ClO2P/c1-3-5-6-9(4-2,7-10)8-11;1-4(2)3/h10-11H,3-8H2,1-2H3;/q;-2. The second kappa shape index (κ2) is 11.1. The lowest BCUT2D eigenvalue weighted by Gasteiger charge is -2.27. The minimum Gasteiger partial charge on any atom is -0.830 e. The van der Waals surface area contributed by atoms with Crippen molar-refractivity contribution >= 4 is 19.0 Å². The molecule has 0 saturated carbocycles. The molecule has 0 atom stereocenters. The Hall–Kier alpha value is 0.560. The fourth-order valence-corrected chi connectivity index (χ4v) is 1.16. The van der Waals surface area contributed by atoms with Crippen molar-refractivity contribution in [2.24, 2.45) is 5.41 Å². The van der Waals surface area contributed by atoms with Crippen LogP contribution in [0.4, 0.5) is 0 Å². The van der Waals surface area contributed by atoms with Gasteiger partial charge in [0, 0.05) is 5.41 Å². The van der Waals surface area contributed by atoms with Crippen LogP contribution in [0.5, 0.6) is 0 Å². The zero-order valence-electron chi connectivity index (χ0n) is 9.28. The Morgan fingerprint density at radius 3 is 1.80 bits per heavy atom. The summed E-state index contributed by atoms with van der Waals surface area (Å²) in [5, 5.41) is 18.1. The smallest absolute Gasteiger partial charge is 0.0509 e. The van der Waals surface area contributed by atoms with E-state index in [1.165, 1.54) is 0 Å². The van der Waals surface area contributed by atoms with E-state index in [1.54, 1.807) is 0 Å². The van der Waals surface area contributed by atoms with E-state index < -0.39 is 7.73 Å². The summed E-state index contributed by atoms with van der Waals surface area (Å²) < 4.78 is 0. The summed E-state index contributed by atoms with van der Waals surface area (Å²) in [6, 6.07) is 0. The summed E-state index contributed by atoms with van der Waals surface area (Å²) in [5.74, 6) is 0. The molecule has 0 bridgehead atoms. The molecular weight excluding hydrogens is 239 g/mol. The lowest BCUT2D eigenvalue weighted by Crippen LogP contribution is -2.28. The van der Waals surface area contributed by atoms with E-state index in [0.29, 0.717) is 0 Å². The van der Waals surface area contributed by atoms with E-state index in [0.717, 1.165) is 25.7 Å². The molecule has 6 heteroatoms. The van der Waals surface area contributed by atoms with E-state index in [4.69, 9.17) is 20.0 Å². The van der Waals surface area contributed by atoms with Gasteiger partial charge in [0.2, 0.25) is 0 Å². The van der Waals surface area contributed by atoms with Gasteiger partial charge in [-0.05, 0) is 12.8 Å². The van der Waals surface area contributed by atoms with Crippen LogP contribution in [0.15, 0.2) is 0 Å². The molecule has 0 unspecified atom stereocenters. The van der Waals surface area contributed by atoms with Crippen LogP contribution >= 0.6 is 19.0 Å². The second-order valence-corrected chi connectivity index (χ2v) is 4.74. The molecule has 0 aromatic heterocycles. The molecule has 0 spiro atoms. The molecule has 0 aliphatic carbocycles. The molecule has 0 heterocycles. The summed E-state index contributed by atoms with van der Waals surface area (Å²) in [4.78, 5) is 17.6. The number of rotatable bonds is 6. The SMILES string of the molecule is CCCCC(CC)(CO)CO.[O-]P([O-])Cl. The molecule has 0 amide bonds. The van der Waals surface area contributed by atoms with Crippen molar-refractivity contribution in [3.63, 3.8) is 0 Å². The fraction of sp³-hybridized carbons (Fsp3) is 1.00. The van der Waals surface area contributed by atoms with E-state index >= 15 is 0 Å². The minimum absolute atomic E-state index is 0.111. The Kier molecular flexibility index (Phi) is 13.2. The van der Waals surface area contributed by atoms with Crippen molar-refractivity contribution in [1.82, 2.24) is 0 Å². The number of unbranched alkanes of at least 4 members (excludes halogenated alkanes) is 1. The van der Waals surface area contributed by atoms with Crippen molar-refractivity contribution in [3.8, 4) is 0 Å². The van der Waals surface area contributed by atoms with Crippen molar-refractivity contribution in [2.75, 3.05) is 13.2 Å². The van der Waals surface area contributed by atoms with Gasteiger partial charge in [-0.3, -0.25) is 0 Å². The summed E-state index contributed by atoms with van der Waals surface area (Å²) in [6.45, 7) is 4.36. The maximum atomic E-state index is 9.04. The molecule has 4 nitrogen and oxygen atoms in total. The molecule has 0 aromatic rings. The van der Waals surface area contributed by atoms with Crippen LogP contribution < -0.4 is 9.79 Å². The van der Waals surface area contributed by atoms with E-state index in [1.807, 2.05) is 6.92 Å². The van der Waals surface area contributed by atoms with Gasteiger partial charge < -0.3 is 20.0 Å². The van der Waals surface area contributed by atoms with Crippen molar-refractivity contribution in [2.45, 2.75) is 39.5 Å². The first kappa shape index (κ1) is 17.9. The molecule has 2 N–H and O–H groups in total. The largest absolute Gasteiger partial charge is 0.830 e. The number of hydrogen-bond donors (Lipinski definition) is 2. The van der Waals surface area contributed by atoms with E-state index in [9.17, 15) is 0 Å². The minimum atomic E-state index is -2.65. The summed E-state index contributed by atoms with van der Waals surface area (Å²) in [5.41, 5.74) is -0.212. The molecule has 94 valence electrons. The number of halogens is 1. The monoisotopic (exact) mass is 258 g/mol. The van der Waals surface area contributed by atoms with Gasteiger partial charge in [-0.1, -0.05) is 26.7 Å². The molecule has 0 rings (SSSR count). The predicted molar refractivity (Wildman–Crippen MR) is 59.2 cm³/mol. The van der Waals surface area contributed by atoms with Gasteiger partial charge in [0.15, 0.2) is 0 Å². The van der Waals surface area contributed by atoms with Crippen molar-refractivity contribution in [1.29, 1.82) is 0 Å². The Bertz CT molecular complexity index is 120. The highest BCUT2D eigenvalue weighted by molar-refractivity contribution is 7.72. The zero-order chi connectivity index (χ0) is 12.3. The highest BCUT2D eigenvalue weighted by atomic mass is 35.7. The van der Waals surface area contributed by atoms with E-state index in [2.05, 4.69) is 18.2 Å². The highest BCUT2D eigenvalue weighted by Gasteiger charge is 2.25. The van der Waals surface area contributed by atoms with Gasteiger partial charge in [-0.25, -0.2) is 7.73 Å². The third-order valence-corrected chi connectivity index (χ3v) is 2.48. The van der Waals surface area contributed by atoms with Gasteiger partial charge in [0.1, 0.15) is 0 Å². The predicted octanol–water partition coefficient (Wildman–Crippen LogP) is 0.730. The Morgan fingerprint density at radius 2 is 1.60 bits per heavy atom. The molecule has 0 aliphatic rings. The normalized spacial score (nSPS) is 11.2. The Morgan fingerprint density at radius 1 is 1.20 bits per heavy atom. The molecule has 0 aromatic carbocycles. The maximum absolute atomic E-state index is 9.04. The first-order chi connectivity index (χ1) is 6.97. The molecular formula is C9H20ClO4P-2. The molecule has 15 heavy (non-hydrogen) atoms. The van der Waals surface area contributed by atoms with Crippen LogP contribution in [0.3, 0.4) is 0 Å². The average molecular weight is 259 g/mol. The topological polar surface area (TPSA) is 86.6 Å². The summed E-state index contributed by atoms with van der Waals surface area (Å²) >= 11 is 4.23. The van der Waals surface area contributed by atoms with Crippen LogP contribution in [-0.2, 0) is 0 Å². The summed E-state index contributed by atoms with van der Waals surface area (Å²) in [7, 11) is -2.65. The average Bonchev–Trinajstić information content (AvgIpc) is 2.20. The maximum Gasteiger partial charge on any atom is 0.0509 e. The molecule has 0 saturated heterocycles. The lowest BCUT2D eigenvalue weighted by atomic mass is 9.82. The van der Waals surface area contributed by atoms with Crippen LogP contribution in [0.1, 0.15) is 39.5 Å². The quantitative estimate of drug-likeness (QED) is 0.688. The molecule has 0 fully saturated rings. The summed E-state index contributed by atoms with van der Waals surface area (Å²) in [6.07, 6.45) is 4.02. The van der Waals surface area contributed by atoms with Crippen molar-refractivity contribution in [3.05, 3.63) is 0 Å². The lowest BCUT2D eigenvalue weighted by molar-refractivity contribution is -0.283. The van der Waals surface area contributed by atoms with Crippen LogP contribution in [0.25, 0.3) is 0 Å². The van der Waals surface area contributed by atoms with Crippen LogP contribution in [0, 0.1) is 5.41 Å². The Balaban J connectivity index is 0. The van der Waals surface area contributed by atoms with E-state index in [-0.39, 0.29) is 18.6 Å². The van der Waals surface area contributed by atoms with Gasteiger partial charge in [0.05, 0.1) is 13.2 Å².